The molecule has 0 heterocycles. The molecule has 5 heteroatoms. The van der Waals surface area contributed by atoms with E-state index in [1.165, 1.54) is 0 Å². The van der Waals surface area contributed by atoms with E-state index in [0.717, 1.165) is 11.3 Å². The van der Waals surface area contributed by atoms with Crippen LogP contribution in [-0.2, 0) is 4.79 Å². The highest BCUT2D eigenvalue weighted by Gasteiger charge is 2.10. The van der Waals surface area contributed by atoms with Gasteiger partial charge in [-0.15, -0.1) is 0 Å². The molecule has 0 fully saturated rings. The van der Waals surface area contributed by atoms with Gasteiger partial charge >= 0.3 is 0 Å². The second-order valence-electron chi connectivity index (χ2n) is 5.62. The van der Waals surface area contributed by atoms with Crippen LogP contribution in [0.4, 0.5) is 15.8 Å². The van der Waals surface area contributed by atoms with Crippen molar-refractivity contribution in [3.05, 3.63) is 58.9 Å². The van der Waals surface area contributed by atoms with Gasteiger partial charge in [0.25, 0.3) is 0 Å². The Morgan fingerprint density at radius 1 is 1.17 bits per heavy atom. The molecule has 3 N–H and O–H groups in total. The van der Waals surface area contributed by atoms with Crippen molar-refractivity contribution in [3.63, 3.8) is 0 Å². The van der Waals surface area contributed by atoms with Gasteiger partial charge in [0.1, 0.15) is 12.4 Å². The van der Waals surface area contributed by atoms with E-state index in [0.29, 0.717) is 16.8 Å². The number of benzene rings is 2. The summed E-state index contributed by atoms with van der Waals surface area (Å²) >= 11 is 0. The van der Waals surface area contributed by atoms with Crippen molar-refractivity contribution in [1.82, 2.24) is 0 Å². The Morgan fingerprint density at radius 3 is 2.39 bits per heavy atom. The Bertz CT molecular complexity index is 693. The molecule has 2 aromatic rings. The van der Waals surface area contributed by atoms with Gasteiger partial charge in [0.05, 0.1) is 0 Å². The summed E-state index contributed by atoms with van der Waals surface area (Å²) in [5, 5.41) is 14.7. The number of aliphatic hydroxyl groups is 1. The Balaban J connectivity index is 2.15. The van der Waals surface area contributed by atoms with E-state index in [4.69, 9.17) is 5.11 Å². The number of anilines is 2. The maximum absolute atomic E-state index is 13.7. The molecule has 2 aromatic carbocycles. The Morgan fingerprint density at radius 2 is 1.78 bits per heavy atom. The van der Waals surface area contributed by atoms with Crippen LogP contribution in [0.25, 0.3) is 0 Å². The fourth-order valence-corrected chi connectivity index (χ4v) is 2.45. The number of rotatable bonds is 5. The van der Waals surface area contributed by atoms with Crippen molar-refractivity contribution < 1.29 is 14.3 Å². The summed E-state index contributed by atoms with van der Waals surface area (Å²) in [7, 11) is 0. The molecule has 23 heavy (non-hydrogen) atoms. The highest BCUT2D eigenvalue weighted by Crippen LogP contribution is 2.24. The van der Waals surface area contributed by atoms with Crippen molar-refractivity contribution in [2.75, 3.05) is 17.2 Å². The number of nitrogens with one attached hydrogen (secondary N) is 2. The number of amides is 1. The van der Waals surface area contributed by atoms with Crippen molar-refractivity contribution in [2.24, 2.45) is 0 Å². The molecule has 0 aliphatic carbocycles. The smallest absolute Gasteiger partial charge is 0.250 e. The molecular formula is C18H21FN2O2. The van der Waals surface area contributed by atoms with E-state index in [-0.39, 0.29) is 11.9 Å². The Hall–Kier alpha value is -2.40. The van der Waals surface area contributed by atoms with E-state index in [9.17, 15) is 9.18 Å². The predicted molar refractivity (Wildman–Crippen MR) is 90.1 cm³/mol. The van der Waals surface area contributed by atoms with Gasteiger partial charge < -0.3 is 15.7 Å². The Kier molecular flexibility index (Phi) is 5.34. The molecule has 122 valence electrons. The van der Waals surface area contributed by atoms with Crippen LogP contribution in [0, 0.1) is 19.7 Å². The summed E-state index contributed by atoms with van der Waals surface area (Å²) in [5.41, 5.74) is 3.67. The minimum atomic E-state index is -0.553. The summed E-state index contributed by atoms with van der Waals surface area (Å²) in [5.74, 6) is -0.630. The lowest BCUT2D eigenvalue weighted by Gasteiger charge is -2.18. The van der Waals surface area contributed by atoms with Crippen LogP contribution in [0.1, 0.15) is 29.7 Å². The summed E-state index contributed by atoms with van der Waals surface area (Å²) in [6.45, 7) is 4.94. The van der Waals surface area contributed by atoms with Crippen molar-refractivity contribution >= 4 is 17.3 Å². The highest BCUT2D eigenvalue weighted by atomic mass is 19.1. The van der Waals surface area contributed by atoms with Crippen LogP contribution in [0.2, 0.25) is 0 Å². The molecule has 1 atom stereocenters. The zero-order valence-electron chi connectivity index (χ0n) is 13.5. The first-order chi connectivity index (χ1) is 10.9. The number of carbonyl (C=O) groups is 1. The number of aryl methyl sites for hydroxylation is 2. The second-order valence-corrected chi connectivity index (χ2v) is 5.62. The first-order valence-electron chi connectivity index (χ1n) is 7.44. The van der Waals surface area contributed by atoms with E-state index in [1.54, 1.807) is 26.0 Å². The quantitative estimate of drug-likeness (QED) is 0.790. The zero-order valence-corrected chi connectivity index (χ0v) is 13.5. The average molecular weight is 316 g/mol. The van der Waals surface area contributed by atoms with E-state index >= 15 is 0 Å². The van der Waals surface area contributed by atoms with Crippen LogP contribution >= 0.6 is 0 Å². The lowest BCUT2D eigenvalue weighted by Crippen LogP contribution is -2.15. The third-order valence-corrected chi connectivity index (χ3v) is 3.63. The van der Waals surface area contributed by atoms with Gasteiger partial charge in [-0.25, -0.2) is 4.39 Å². The molecule has 0 spiro atoms. The summed E-state index contributed by atoms with van der Waals surface area (Å²) in [6, 6.07) is 10.9. The minimum absolute atomic E-state index is 0.0169. The number of aliphatic hydroxyl groups excluding tert-OH is 1. The van der Waals surface area contributed by atoms with Gasteiger partial charge in [-0.2, -0.15) is 0 Å². The first-order valence-corrected chi connectivity index (χ1v) is 7.44. The first kappa shape index (κ1) is 17.0. The molecule has 1 unspecified atom stereocenters. The van der Waals surface area contributed by atoms with Crippen LogP contribution in [0.15, 0.2) is 36.4 Å². The fourth-order valence-electron chi connectivity index (χ4n) is 2.45. The molecular weight excluding hydrogens is 295 g/mol. The lowest BCUT2D eigenvalue weighted by molar-refractivity contribution is -0.118. The summed E-state index contributed by atoms with van der Waals surface area (Å²) in [6.07, 6.45) is 0. The molecule has 1 amide bonds. The van der Waals surface area contributed by atoms with Crippen LogP contribution < -0.4 is 10.6 Å². The number of hydrogen-bond acceptors (Lipinski definition) is 3. The third kappa shape index (κ3) is 4.29. The maximum atomic E-state index is 13.7. The monoisotopic (exact) mass is 316 g/mol. The minimum Gasteiger partial charge on any atom is -0.387 e. The number of halogens is 1. The van der Waals surface area contributed by atoms with Gasteiger partial charge in [-0.05, 0) is 55.7 Å². The molecule has 0 radical (unpaired) electrons. The van der Waals surface area contributed by atoms with Crippen molar-refractivity contribution in [2.45, 2.75) is 26.8 Å². The lowest BCUT2D eigenvalue weighted by atomic mass is 10.0. The van der Waals surface area contributed by atoms with Crippen molar-refractivity contribution in [1.29, 1.82) is 0 Å². The predicted octanol–water partition coefficient (Wildman–Crippen LogP) is 3.55. The number of carbonyl (C=O) groups excluding carboxylic acids is 1. The normalized spacial score (nSPS) is 11.9. The second kappa shape index (κ2) is 7.24. The van der Waals surface area contributed by atoms with Crippen LogP contribution in [0.5, 0.6) is 0 Å². The van der Waals surface area contributed by atoms with Gasteiger partial charge in [-0.3, -0.25) is 4.79 Å². The van der Waals surface area contributed by atoms with Crippen LogP contribution in [0.3, 0.4) is 0 Å². The van der Waals surface area contributed by atoms with Gasteiger partial charge in [-0.1, -0.05) is 18.2 Å². The van der Waals surface area contributed by atoms with Gasteiger partial charge in [0.15, 0.2) is 0 Å². The molecule has 0 bridgehead atoms. The summed E-state index contributed by atoms with van der Waals surface area (Å²) < 4.78 is 13.7. The van der Waals surface area contributed by atoms with E-state index in [1.807, 2.05) is 31.2 Å². The maximum Gasteiger partial charge on any atom is 0.250 e. The molecule has 4 nitrogen and oxygen atoms in total. The largest absolute Gasteiger partial charge is 0.387 e. The fraction of sp³-hybridized carbons (Fsp3) is 0.278. The van der Waals surface area contributed by atoms with E-state index < -0.39 is 12.5 Å². The molecule has 0 aliphatic rings. The van der Waals surface area contributed by atoms with Crippen LogP contribution in [-0.4, -0.2) is 17.6 Å². The molecule has 2 rings (SSSR count). The molecule has 0 aliphatic heterocycles. The van der Waals surface area contributed by atoms with Gasteiger partial charge in [0, 0.05) is 17.4 Å². The van der Waals surface area contributed by atoms with Crippen molar-refractivity contribution in [3.8, 4) is 0 Å². The molecule has 0 saturated heterocycles. The molecule has 0 aromatic heterocycles. The Labute approximate surface area is 135 Å². The zero-order chi connectivity index (χ0) is 17.0. The molecule has 0 saturated carbocycles. The van der Waals surface area contributed by atoms with E-state index in [2.05, 4.69) is 10.6 Å². The standard InChI is InChI=1S/C18H21FN2O2/c1-11-7-14(8-12(2)18(11)19)13(3)20-15-5-4-6-16(9-15)21-17(23)10-22/h4-9,13,20,22H,10H2,1-3H3,(H,21,23). The SMILES string of the molecule is Cc1cc(C(C)Nc2cccc(NC(=O)CO)c2)cc(C)c1F. The summed E-state index contributed by atoms with van der Waals surface area (Å²) in [4.78, 5) is 11.2. The average Bonchev–Trinajstić information content (AvgIpc) is 2.52. The van der Waals surface area contributed by atoms with Gasteiger partial charge in [0.2, 0.25) is 5.91 Å². The number of hydrogen-bond donors (Lipinski definition) is 3. The highest BCUT2D eigenvalue weighted by molar-refractivity contribution is 5.91. The third-order valence-electron chi connectivity index (χ3n) is 3.63. The topological polar surface area (TPSA) is 61.4 Å².